The molecule has 1 atom stereocenters. The zero-order valence-corrected chi connectivity index (χ0v) is 26.6. The molecule has 0 heterocycles. The molecule has 2 amide bonds. The molecule has 9 nitrogen and oxygen atoms in total. The quantitative estimate of drug-likeness (QED) is 0.271. The van der Waals surface area contributed by atoms with Crippen LogP contribution in [0, 0.1) is 0 Å². The predicted molar refractivity (Wildman–Crippen MR) is 167 cm³/mol. The Labute approximate surface area is 262 Å². The van der Waals surface area contributed by atoms with Crippen LogP contribution in [0.2, 0.25) is 10.0 Å². The van der Waals surface area contributed by atoms with Crippen LogP contribution in [0.1, 0.15) is 38.2 Å². The Kier molecular flexibility index (Phi) is 10.8. The SMILES string of the molecule is COc1ccc(S(=O)(=O)N(CC(=O)N(Cc2cccc(Cl)c2)C(C)C(=O)NC2CCCC2)c2ccc(Cl)cc2)cc1OC. The molecule has 1 aliphatic carbocycles. The van der Waals surface area contributed by atoms with Gasteiger partial charge in [-0.3, -0.25) is 13.9 Å². The van der Waals surface area contributed by atoms with Gasteiger partial charge in [-0.25, -0.2) is 8.42 Å². The van der Waals surface area contributed by atoms with Crippen LogP contribution in [0.15, 0.2) is 71.6 Å². The van der Waals surface area contributed by atoms with Crippen LogP contribution < -0.4 is 19.1 Å². The molecular formula is C31H35Cl2N3O6S. The van der Waals surface area contributed by atoms with E-state index in [1.807, 2.05) is 0 Å². The molecule has 1 saturated carbocycles. The van der Waals surface area contributed by atoms with Crippen LogP contribution in [0.3, 0.4) is 0 Å². The molecule has 0 spiro atoms. The maximum absolute atomic E-state index is 14.1. The van der Waals surface area contributed by atoms with Gasteiger partial charge in [0.1, 0.15) is 12.6 Å². The Morgan fingerprint density at radius 1 is 0.930 bits per heavy atom. The van der Waals surface area contributed by atoms with E-state index in [1.165, 1.54) is 49.5 Å². The van der Waals surface area contributed by atoms with Gasteiger partial charge in [0.05, 0.1) is 24.8 Å². The van der Waals surface area contributed by atoms with Gasteiger partial charge in [-0.1, -0.05) is 48.2 Å². The summed E-state index contributed by atoms with van der Waals surface area (Å²) in [5.74, 6) is -0.313. The average molecular weight is 649 g/mol. The minimum absolute atomic E-state index is 0.0451. The normalized spacial score (nSPS) is 14.2. The summed E-state index contributed by atoms with van der Waals surface area (Å²) < 4.78 is 39.8. The highest BCUT2D eigenvalue weighted by Gasteiger charge is 2.34. The number of nitrogens with one attached hydrogen (secondary N) is 1. The third-order valence-corrected chi connectivity index (χ3v) is 9.70. The number of benzene rings is 3. The van der Waals surface area contributed by atoms with E-state index in [-0.39, 0.29) is 34.8 Å². The van der Waals surface area contributed by atoms with E-state index in [2.05, 4.69) is 5.32 Å². The zero-order valence-electron chi connectivity index (χ0n) is 24.3. The Bertz CT molecular complexity index is 1550. The summed E-state index contributed by atoms with van der Waals surface area (Å²) in [5.41, 5.74) is 0.917. The van der Waals surface area contributed by atoms with Gasteiger partial charge in [0, 0.05) is 28.7 Å². The summed E-state index contributed by atoms with van der Waals surface area (Å²) in [6, 6.07) is 16.5. The molecule has 3 aromatic carbocycles. The molecule has 12 heteroatoms. The minimum atomic E-state index is -4.31. The summed E-state index contributed by atoms with van der Waals surface area (Å²) >= 11 is 12.3. The molecule has 4 rings (SSSR count). The molecule has 230 valence electrons. The third-order valence-electron chi connectivity index (χ3n) is 7.45. The molecule has 1 aliphatic rings. The van der Waals surface area contributed by atoms with E-state index in [9.17, 15) is 18.0 Å². The van der Waals surface area contributed by atoms with Crippen LogP contribution in [0.4, 0.5) is 5.69 Å². The molecule has 0 aromatic heterocycles. The van der Waals surface area contributed by atoms with Gasteiger partial charge in [0.15, 0.2) is 11.5 Å². The lowest BCUT2D eigenvalue weighted by Crippen LogP contribution is -2.52. The van der Waals surface area contributed by atoms with E-state index >= 15 is 0 Å². The standard InChI is InChI=1S/C31H35Cl2N3O6S/c1-21(31(38)34-25-9-4-5-10-25)35(19-22-7-6-8-24(33)17-22)30(37)20-36(26-13-11-23(32)12-14-26)43(39,40)27-15-16-28(41-2)29(18-27)42-3/h6-8,11-18,21,25H,4-5,9-10,19-20H2,1-3H3,(H,34,38). The van der Waals surface area contributed by atoms with E-state index in [1.54, 1.807) is 43.3 Å². The maximum atomic E-state index is 14.1. The molecule has 0 bridgehead atoms. The number of ether oxygens (including phenoxy) is 2. The average Bonchev–Trinajstić information content (AvgIpc) is 3.51. The summed E-state index contributed by atoms with van der Waals surface area (Å²) in [7, 11) is -1.46. The molecule has 0 saturated heterocycles. The fourth-order valence-corrected chi connectivity index (χ4v) is 6.82. The summed E-state index contributed by atoms with van der Waals surface area (Å²) in [5, 5.41) is 3.93. The number of hydrogen-bond acceptors (Lipinski definition) is 6. The molecule has 1 N–H and O–H groups in total. The molecule has 43 heavy (non-hydrogen) atoms. The number of hydrogen-bond donors (Lipinski definition) is 1. The number of anilines is 1. The highest BCUT2D eigenvalue weighted by atomic mass is 35.5. The number of methoxy groups -OCH3 is 2. The van der Waals surface area contributed by atoms with Gasteiger partial charge in [-0.2, -0.15) is 0 Å². The molecular weight excluding hydrogens is 613 g/mol. The van der Waals surface area contributed by atoms with Gasteiger partial charge in [-0.15, -0.1) is 0 Å². The number of halogens is 2. The number of carbonyl (C=O) groups is 2. The van der Waals surface area contributed by atoms with Crippen molar-refractivity contribution in [2.24, 2.45) is 0 Å². The maximum Gasteiger partial charge on any atom is 0.264 e. The van der Waals surface area contributed by atoms with Crippen molar-refractivity contribution in [1.82, 2.24) is 10.2 Å². The van der Waals surface area contributed by atoms with Crippen LogP contribution in [0.25, 0.3) is 0 Å². The van der Waals surface area contributed by atoms with Crippen molar-refractivity contribution < 1.29 is 27.5 Å². The molecule has 1 unspecified atom stereocenters. The Morgan fingerprint density at radius 3 is 2.23 bits per heavy atom. The minimum Gasteiger partial charge on any atom is -0.493 e. The topological polar surface area (TPSA) is 105 Å². The van der Waals surface area contributed by atoms with Gasteiger partial charge in [0.25, 0.3) is 10.0 Å². The van der Waals surface area contributed by atoms with E-state index in [4.69, 9.17) is 32.7 Å². The Balaban J connectivity index is 1.71. The van der Waals surface area contributed by atoms with Crippen molar-refractivity contribution >= 4 is 50.7 Å². The fourth-order valence-electron chi connectivity index (χ4n) is 5.05. The molecule has 3 aromatic rings. The van der Waals surface area contributed by atoms with Gasteiger partial charge < -0.3 is 19.7 Å². The van der Waals surface area contributed by atoms with Crippen molar-refractivity contribution in [3.8, 4) is 11.5 Å². The van der Waals surface area contributed by atoms with Crippen LogP contribution in [0.5, 0.6) is 11.5 Å². The van der Waals surface area contributed by atoms with Gasteiger partial charge >= 0.3 is 0 Å². The first-order valence-corrected chi connectivity index (χ1v) is 16.1. The fraction of sp³-hybridized carbons (Fsp3) is 0.355. The van der Waals surface area contributed by atoms with Crippen LogP contribution >= 0.6 is 23.2 Å². The van der Waals surface area contributed by atoms with Gasteiger partial charge in [-0.05, 0) is 73.9 Å². The van der Waals surface area contributed by atoms with Crippen molar-refractivity contribution in [2.45, 2.75) is 56.1 Å². The molecule has 1 fully saturated rings. The molecule has 0 radical (unpaired) electrons. The summed E-state index contributed by atoms with van der Waals surface area (Å²) in [6.07, 6.45) is 3.84. The predicted octanol–water partition coefficient (Wildman–Crippen LogP) is 5.68. The van der Waals surface area contributed by atoms with Crippen molar-refractivity contribution in [2.75, 3.05) is 25.1 Å². The first-order chi connectivity index (χ1) is 20.5. The number of sulfonamides is 1. The second-order valence-corrected chi connectivity index (χ2v) is 13.1. The van der Waals surface area contributed by atoms with E-state index in [0.717, 1.165) is 30.0 Å². The smallest absolute Gasteiger partial charge is 0.264 e. The van der Waals surface area contributed by atoms with Crippen molar-refractivity contribution in [3.05, 3.63) is 82.3 Å². The van der Waals surface area contributed by atoms with E-state index < -0.39 is 28.5 Å². The number of nitrogens with zero attached hydrogens (tertiary/aromatic N) is 2. The summed E-state index contributed by atoms with van der Waals surface area (Å²) in [6.45, 7) is 1.10. The van der Waals surface area contributed by atoms with Gasteiger partial charge in [0.2, 0.25) is 11.8 Å². The molecule has 0 aliphatic heterocycles. The lowest BCUT2D eigenvalue weighted by molar-refractivity contribution is -0.139. The first kappa shape index (κ1) is 32.4. The third kappa shape index (κ3) is 7.93. The largest absolute Gasteiger partial charge is 0.493 e. The van der Waals surface area contributed by atoms with Crippen molar-refractivity contribution in [1.29, 1.82) is 0 Å². The van der Waals surface area contributed by atoms with Crippen LogP contribution in [-0.4, -0.2) is 58.0 Å². The Morgan fingerprint density at radius 2 is 1.60 bits per heavy atom. The lowest BCUT2D eigenvalue weighted by atomic mass is 10.1. The first-order valence-electron chi connectivity index (χ1n) is 13.9. The second-order valence-electron chi connectivity index (χ2n) is 10.3. The zero-order chi connectivity index (χ0) is 31.1. The lowest BCUT2D eigenvalue weighted by Gasteiger charge is -2.32. The number of rotatable bonds is 12. The van der Waals surface area contributed by atoms with E-state index in [0.29, 0.717) is 21.4 Å². The number of amides is 2. The number of carbonyl (C=O) groups excluding carboxylic acids is 2. The highest BCUT2D eigenvalue weighted by Crippen LogP contribution is 2.33. The monoisotopic (exact) mass is 647 g/mol. The van der Waals surface area contributed by atoms with Crippen molar-refractivity contribution in [3.63, 3.8) is 0 Å². The second kappa shape index (κ2) is 14.3. The highest BCUT2D eigenvalue weighted by molar-refractivity contribution is 7.92. The Hall–Kier alpha value is -3.47. The summed E-state index contributed by atoms with van der Waals surface area (Å²) in [4.78, 5) is 28.7. The van der Waals surface area contributed by atoms with Crippen LogP contribution in [-0.2, 0) is 26.2 Å².